The van der Waals surface area contributed by atoms with E-state index in [1.165, 1.54) is 17.0 Å². The van der Waals surface area contributed by atoms with Gasteiger partial charge in [0.1, 0.15) is 11.7 Å². The van der Waals surface area contributed by atoms with Crippen molar-refractivity contribution in [1.82, 2.24) is 0 Å². The van der Waals surface area contributed by atoms with E-state index in [0.717, 1.165) is 6.07 Å². The number of piperidine rings is 1. The third kappa shape index (κ3) is 2.68. The highest BCUT2D eigenvalue weighted by Gasteiger charge is 2.44. The van der Waals surface area contributed by atoms with Gasteiger partial charge in [-0.05, 0) is 30.4 Å². The molecule has 1 aliphatic rings. The highest BCUT2D eigenvalue weighted by Crippen LogP contribution is 2.41. The lowest BCUT2D eigenvalue weighted by atomic mass is 9.76. The van der Waals surface area contributed by atoms with Gasteiger partial charge in [-0.15, -0.1) is 0 Å². The maximum Gasteiger partial charge on any atom is 0.327 e. The molecule has 1 N–H and O–H groups in total. The minimum atomic E-state index is -1.06. The van der Waals surface area contributed by atoms with Crippen LogP contribution in [0.1, 0.15) is 26.7 Å². The van der Waals surface area contributed by atoms with E-state index < -0.39 is 33.9 Å². The summed E-state index contributed by atoms with van der Waals surface area (Å²) in [6.07, 6.45) is 1.40. The predicted octanol–water partition coefficient (Wildman–Crippen LogP) is 2.81. The lowest BCUT2D eigenvalue weighted by molar-refractivity contribution is -0.386. The van der Waals surface area contributed by atoms with Gasteiger partial charge < -0.3 is 10.0 Å². The number of hydrogen-bond acceptors (Lipinski definition) is 4. The second-order valence-electron chi connectivity index (χ2n) is 5.89. The zero-order chi connectivity index (χ0) is 15.8. The summed E-state index contributed by atoms with van der Waals surface area (Å²) in [6, 6.07) is 2.84. The van der Waals surface area contributed by atoms with E-state index in [9.17, 15) is 24.4 Å². The van der Waals surface area contributed by atoms with Crippen LogP contribution in [0.25, 0.3) is 0 Å². The summed E-state index contributed by atoms with van der Waals surface area (Å²) in [7, 11) is 0. The molecule has 0 spiro atoms. The van der Waals surface area contributed by atoms with E-state index in [4.69, 9.17) is 0 Å². The zero-order valence-corrected chi connectivity index (χ0v) is 11.9. The summed E-state index contributed by atoms with van der Waals surface area (Å²) in [5, 5.41) is 20.6. The molecule has 2 rings (SSSR count). The second-order valence-corrected chi connectivity index (χ2v) is 5.89. The van der Waals surface area contributed by atoms with Crippen molar-refractivity contribution in [2.24, 2.45) is 5.41 Å². The van der Waals surface area contributed by atoms with Crippen molar-refractivity contribution in [3.05, 3.63) is 34.1 Å². The van der Waals surface area contributed by atoms with E-state index >= 15 is 0 Å². The molecule has 1 aromatic carbocycles. The van der Waals surface area contributed by atoms with Crippen molar-refractivity contribution < 1.29 is 19.2 Å². The Balaban J connectivity index is 2.56. The molecule has 1 saturated heterocycles. The topological polar surface area (TPSA) is 83.7 Å². The van der Waals surface area contributed by atoms with Crippen LogP contribution in [0.4, 0.5) is 15.8 Å². The Morgan fingerprint density at radius 3 is 2.76 bits per heavy atom. The first-order valence-electron chi connectivity index (χ1n) is 6.68. The molecule has 1 aromatic rings. The standard InChI is InChI=1S/C14H17FN2O4/c1-14(2)7-4-8-16(12(14)13(18)19)10-6-3-5-9(15)11(10)17(20)21/h3,5-6,12H,4,7-8H2,1-2H3,(H,18,19). The number of nitrogens with zero attached hydrogens (tertiary/aromatic N) is 2. The third-order valence-corrected chi connectivity index (χ3v) is 3.96. The van der Waals surface area contributed by atoms with Gasteiger partial charge >= 0.3 is 11.7 Å². The summed E-state index contributed by atoms with van der Waals surface area (Å²) in [6.45, 7) is 3.97. The minimum absolute atomic E-state index is 0.0279. The Hall–Kier alpha value is -2.18. The molecule has 7 heteroatoms. The molecule has 0 amide bonds. The Morgan fingerprint density at radius 2 is 2.19 bits per heavy atom. The second kappa shape index (κ2) is 5.31. The summed E-state index contributed by atoms with van der Waals surface area (Å²) in [5.74, 6) is -2.01. The van der Waals surface area contributed by atoms with Gasteiger partial charge in [-0.3, -0.25) is 10.1 Å². The molecule has 21 heavy (non-hydrogen) atoms. The third-order valence-electron chi connectivity index (χ3n) is 3.96. The van der Waals surface area contributed by atoms with Crippen LogP contribution >= 0.6 is 0 Å². The highest BCUT2D eigenvalue weighted by atomic mass is 19.1. The first-order chi connectivity index (χ1) is 9.75. The number of nitro benzene ring substituents is 1. The number of carboxylic acids is 1. The van der Waals surface area contributed by atoms with Crippen LogP contribution in [0.2, 0.25) is 0 Å². The number of anilines is 1. The molecule has 1 atom stereocenters. The van der Waals surface area contributed by atoms with Gasteiger partial charge in [-0.1, -0.05) is 19.9 Å². The van der Waals surface area contributed by atoms with E-state index in [0.29, 0.717) is 19.4 Å². The Bertz CT molecular complexity index is 588. The van der Waals surface area contributed by atoms with Gasteiger partial charge in [-0.25, -0.2) is 4.79 Å². The van der Waals surface area contributed by atoms with Gasteiger partial charge in [0.25, 0.3) is 0 Å². The van der Waals surface area contributed by atoms with Crippen LogP contribution < -0.4 is 4.90 Å². The summed E-state index contributed by atoms with van der Waals surface area (Å²) >= 11 is 0. The number of nitro groups is 1. The summed E-state index contributed by atoms with van der Waals surface area (Å²) in [4.78, 5) is 23.4. The minimum Gasteiger partial charge on any atom is -0.480 e. The number of halogens is 1. The molecular weight excluding hydrogens is 279 g/mol. The van der Waals surface area contributed by atoms with Crippen molar-refractivity contribution in [2.75, 3.05) is 11.4 Å². The number of hydrogen-bond donors (Lipinski definition) is 1. The number of para-hydroxylation sites is 1. The van der Waals surface area contributed by atoms with Crippen molar-refractivity contribution in [3.8, 4) is 0 Å². The Labute approximate surface area is 121 Å². The predicted molar refractivity (Wildman–Crippen MR) is 74.8 cm³/mol. The van der Waals surface area contributed by atoms with E-state index in [1.54, 1.807) is 0 Å². The normalized spacial score (nSPS) is 21.1. The highest BCUT2D eigenvalue weighted by molar-refractivity contribution is 5.81. The van der Waals surface area contributed by atoms with E-state index in [2.05, 4.69) is 0 Å². The number of aliphatic carboxylic acids is 1. The molecule has 1 fully saturated rings. The van der Waals surface area contributed by atoms with Gasteiger partial charge in [-0.2, -0.15) is 4.39 Å². The molecule has 6 nitrogen and oxygen atoms in total. The van der Waals surface area contributed by atoms with Crippen molar-refractivity contribution >= 4 is 17.3 Å². The first-order valence-corrected chi connectivity index (χ1v) is 6.68. The number of carboxylic acid groups (broad SMARTS) is 1. The Morgan fingerprint density at radius 1 is 1.52 bits per heavy atom. The molecule has 1 heterocycles. The smallest absolute Gasteiger partial charge is 0.327 e. The van der Waals surface area contributed by atoms with E-state index in [1.807, 2.05) is 13.8 Å². The molecule has 0 bridgehead atoms. The molecule has 0 aliphatic carbocycles. The average Bonchev–Trinajstić information content (AvgIpc) is 2.35. The average molecular weight is 296 g/mol. The van der Waals surface area contributed by atoms with Crippen LogP contribution in [0.3, 0.4) is 0 Å². The largest absolute Gasteiger partial charge is 0.480 e. The summed E-state index contributed by atoms with van der Waals surface area (Å²) < 4.78 is 13.8. The van der Waals surface area contributed by atoms with Crippen LogP contribution in [0, 0.1) is 21.3 Å². The maximum atomic E-state index is 13.8. The zero-order valence-electron chi connectivity index (χ0n) is 11.9. The Kier molecular flexibility index (Phi) is 3.85. The van der Waals surface area contributed by atoms with Gasteiger partial charge in [0, 0.05) is 6.54 Å². The van der Waals surface area contributed by atoms with Crippen LogP contribution in [-0.4, -0.2) is 28.6 Å². The van der Waals surface area contributed by atoms with Gasteiger partial charge in [0.15, 0.2) is 0 Å². The molecule has 1 unspecified atom stereocenters. The molecule has 1 aliphatic heterocycles. The van der Waals surface area contributed by atoms with Crippen LogP contribution in [0.15, 0.2) is 18.2 Å². The van der Waals surface area contributed by atoms with Crippen LogP contribution in [0.5, 0.6) is 0 Å². The molecule has 114 valence electrons. The number of rotatable bonds is 3. The quantitative estimate of drug-likeness (QED) is 0.685. The molecular formula is C14H17FN2O4. The van der Waals surface area contributed by atoms with Crippen molar-refractivity contribution in [3.63, 3.8) is 0 Å². The van der Waals surface area contributed by atoms with Crippen molar-refractivity contribution in [1.29, 1.82) is 0 Å². The van der Waals surface area contributed by atoms with Gasteiger partial charge in [0.2, 0.25) is 5.82 Å². The fourth-order valence-corrected chi connectivity index (χ4v) is 3.04. The monoisotopic (exact) mass is 296 g/mol. The number of carbonyl (C=O) groups is 1. The molecule has 0 saturated carbocycles. The summed E-state index contributed by atoms with van der Waals surface area (Å²) in [5.41, 5.74) is -1.19. The molecule has 0 radical (unpaired) electrons. The van der Waals surface area contributed by atoms with Crippen LogP contribution in [-0.2, 0) is 4.79 Å². The van der Waals surface area contributed by atoms with E-state index in [-0.39, 0.29) is 5.69 Å². The number of benzene rings is 1. The maximum absolute atomic E-state index is 13.8. The fraction of sp³-hybridized carbons (Fsp3) is 0.500. The van der Waals surface area contributed by atoms with Crippen molar-refractivity contribution in [2.45, 2.75) is 32.7 Å². The lowest BCUT2D eigenvalue weighted by Crippen LogP contribution is -2.54. The first kappa shape index (κ1) is 15.2. The SMILES string of the molecule is CC1(C)CCCN(c2cccc(F)c2[N+](=O)[O-])C1C(=O)O. The fourth-order valence-electron chi connectivity index (χ4n) is 3.04. The molecule has 0 aromatic heterocycles. The van der Waals surface area contributed by atoms with Gasteiger partial charge in [0.05, 0.1) is 4.92 Å². The lowest BCUT2D eigenvalue weighted by Gasteiger charge is -2.44.